The van der Waals surface area contributed by atoms with Gasteiger partial charge in [-0.15, -0.1) is 0 Å². The molecule has 0 fully saturated rings. The molecule has 0 bridgehead atoms. The van der Waals surface area contributed by atoms with Gasteiger partial charge in [0.15, 0.2) is 0 Å². The van der Waals surface area contributed by atoms with Crippen molar-refractivity contribution in [1.29, 1.82) is 0 Å². The van der Waals surface area contributed by atoms with Crippen molar-refractivity contribution < 1.29 is 8.83 Å². The molecule has 3 nitrogen and oxygen atoms in total. The van der Waals surface area contributed by atoms with E-state index < -0.39 is 16.4 Å². The van der Waals surface area contributed by atoms with Crippen LogP contribution in [0.4, 0.5) is 11.4 Å². The fourth-order valence-electron chi connectivity index (χ4n) is 11.5. The molecule has 2 aromatic heterocycles. The van der Waals surface area contributed by atoms with E-state index in [9.17, 15) is 0 Å². The number of benzene rings is 7. The Labute approximate surface area is 332 Å². The number of nitrogens with zero attached hydrogens (tertiary/aromatic N) is 1. The molecule has 7 aromatic carbocycles. The third kappa shape index (κ3) is 4.11. The fourth-order valence-corrected chi connectivity index (χ4v) is 11.5. The van der Waals surface area contributed by atoms with Crippen LogP contribution < -0.4 is 4.90 Å². The van der Waals surface area contributed by atoms with E-state index in [-0.39, 0.29) is 5.92 Å². The van der Waals surface area contributed by atoms with Crippen molar-refractivity contribution in [2.24, 2.45) is 0 Å². The predicted octanol–water partition coefficient (Wildman–Crippen LogP) is 14.3. The molecular formula is C54H41NO2. The third-order valence-corrected chi connectivity index (χ3v) is 13.8. The Kier molecular flexibility index (Phi) is 6.45. The summed E-state index contributed by atoms with van der Waals surface area (Å²) in [5.74, 6) is 1.03. The monoisotopic (exact) mass is 735 g/mol. The molecule has 0 radical (unpaired) electrons. The van der Waals surface area contributed by atoms with E-state index in [1.165, 1.54) is 60.8 Å². The van der Waals surface area contributed by atoms with E-state index in [1.807, 2.05) is 0 Å². The van der Waals surface area contributed by atoms with Gasteiger partial charge in [0.25, 0.3) is 0 Å². The lowest BCUT2D eigenvalue weighted by Crippen LogP contribution is -2.59. The number of hydrogen-bond donors (Lipinski definition) is 0. The quantitative estimate of drug-likeness (QED) is 0.169. The summed E-state index contributed by atoms with van der Waals surface area (Å²) in [5, 5.41) is 5.86. The van der Waals surface area contributed by atoms with Crippen molar-refractivity contribution in [2.45, 2.75) is 50.0 Å². The molecule has 3 aliphatic rings. The van der Waals surface area contributed by atoms with E-state index in [2.05, 4.69) is 202 Å². The molecule has 0 saturated carbocycles. The van der Waals surface area contributed by atoms with Crippen molar-refractivity contribution in [3.05, 3.63) is 203 Å². The second-order valence-electron chi connectivity index (χ2n) is 16.9. The summed E-state index contributed by atoms with van der Waals surface area (Å²) in [5.41, 5.74) is 12.7. The molecule has 2 aliphatic carbocycles. The van der Waals surface area contributed by atoms with E-state index >= 15 is 0 Å². The molecule has 4 atom stereocenters. The molecular weight excluding hydrogens is 695 g/mol. The second kappa shape index (κ2) is 11.3. The molecule has 57 heavy (non-hydrogen) atoms. The molecule has 3 heterocycles. The molecule has 12 rings (SSSR count). The first-order valence-electron chi connectivity index (χ1n) is 20.2. The van der Waals surface area contributed by atoms with Gasteiger partial charge in [0.1, 0.15) is 22.5 Å². The van der Waals surface area contributed by atoms with Gasteiger partial charge in [-0.05, 0) is 89.9 Å². The van der Waals surface area contributed by atoms with Gasteiger partial charge in [-0.3, -0.25) is 0 Å². The lowest BCUT2D eigenvalue weighted by Gasteiger charge is -2.60. The zero-order chi connectivity index (χ0) is 38.3. The second-order valence-corrected chi connectivity index (χ2v) is 16.9. The SMILES string of the molecule is CC1C2=C3C(C)(c4ccccc4N(c4cccc(-c5ccccc5)c4)C3(C)C=CC2(C)c2cccc3oc4ccccc4c23)c2c1oc1c2ccc2ccccc21. The smallest absolute Gasteiger partial charge is 0.142 e. The molecule has 0 N–H and O–H groups in total. The van der Waals surface area contributed by atoms with Crippen LogP contribution in [0.15, 0.2) is 190 Å². The third-order valence-electron chi connectivity index (χ3n) is 13.8. The highest BCUT2D eigenvalue weighted by atomic mass is 16.3. The zero-order valence-electron chi connectivity index (χ0n) is 32.5. The van der Waals surface area contributed by atoms with Gasteiger partial charge < -0.3 is 13.7 Å². The largest absolute Gasteiger partial charge is 0.459 e. The summed E-state index contributed by atoms with van der Waals surface area (Å²) >= 11 is 0. The van der Waals surface area contributed by atoms with Crippen LogP contribution in [0.2, 0.25) is 0 Å². The summed E-state index contributed by atoms with van der Waals surface area (Å²) in [6, 6.07) is 57.3. The number of para-hydroxylation sites is 2. The molecule has 274 valence electrons. The van der Waals surface area contributed by atoms with Crippen LogP contribution in [-0.2, 0) is 10.8 Å². The first-order chi connectivity index (χ1) is 27.8. The molecule has 0 amide bonds. The Hall–Kier alpha value is -6.58. The minimum atomic E-state index is -0.536. The van der Waals surface area contributed by atoms with Gasteiger partial charge in [0.2, 0.25) is 0 Å². The van der Waals surface area contributed by atoms with Crippen molar-refractivity contribution >= 4 is 55.1 Å². The van der Waals surface area contributed by atoms with E-state index in [4.69, 9.17) is 8.83 Å². The van der Waals surface area contributed by atoms with Crippen molar-refractivity contribution in [3.8, 4) is 11.1 Å². The average Bonchev–Trinajstić information content (AvgIpc) is 3.85. The van der Waals surface area contributed by atoms with Gasteiger partial charge >= 0.3 is 0 Å². The van der Waals surface area contributed by atoms with E-state index in [0.717, 1.165) is 39.0 Å². The minimum absolute atomic E-state index is 0.0281. The summed E-state index contributed by atoms with van der Waals surface area (Å²) in [4.78, 5) is 2.62. The van der Waals surface area contributed by atoms with E-state index in [0.29, 0.717) is 0 Å². The maximum atomic E-state index is 7.33. The highest BCUT2D eigenvalue weighted by Crippen LogP contribution is 2.67. The van der Waals surface area contributed by atoms with Gasteiger partial charge in [-0.1, -0.05) is 146 Å². The normalized spacial score (nSPS) is 23.6. The highest BCUT2D eigenvalue weighted by molar-refractivity contribution is 6.09. The van der Waals surface area contributed by atoms with Crippen molar-refractivity contribution in [1.82, 2.24) is 0 Å². The fraction of sp³-hybridized carbons (Fsp3) is 0.148. The molecule has 9 aromatic rings. The number of anilines is 2. The van der Waals surface area contributed by atoms with Crippen LogP contribution >= 0.6 is 0 Å². The van der Waals surface area contributed by atoms with Crippen LogP contribution in [-0.4, -0.2) is 5.54 Å². The summed E-state index contributed by atoms with van der Waals surface area (Å²) in [7, 11) is 0. The van der Waals surface area contributed by atoms with Crippen molar-refractivity contribution in [3.63, 3.8) is 0 Å². The Morgan fingerprint density at radius 2 is 1.26 bits per heavy atom. The average molecular weight is 736 g/mol. The lowest BCUT2D eigenvalue weighted by molar-refractivity contribution is 0.402. The number of hydrogen-bond acceptors (Lipinski definition) is 3. The Balaban J connectivity index is 1.22. The Morgan fingerprint density at radius 1 is 0.561 bits per heavy atom. The van der Waals surface area contributed by atoms with E-state index in [1.54, 1.807) is 0 Å². The van der Waals surface area contributed by atoms with Gasteiger partial charge in [0, 0.05) is 55.2 Å². The standard InChI is InChI=1S/C54H41NO2/c1-33-47-51-53(3,31-30-52(47,2)42-24-15-27-45-46(42)39-22-10-13-26-44(39)56-45)55(37-20-14-19-36(32-37)34-16-6-5-7-17-34)43-25-12-11-23-41(43)54(51,4)48-40-29-28-35-18-8-9-21-38(35)50(40)57-49(33)48/h5-33H,1-4H3. The topological polar surface area (TPSA) is 29.5 Å². The number of furan rings is 2. The summed E-state index contributed by atoms with van der Waals surface area (Å²) < 4.78 is 13.9. The number of fused-ring (bicyclic) bond motifs is 11. The Morgan fingerprint density at radius 3 is 2.14 bits per heavy atom. The van der Waals surface area contributed by atoms with Crippen LogP contribution in [0.25, 0.3) is 54.8 Å². The first kappa shape index (κ1) is 32.6. The molecule has 3 heteroatoms. The number of rotatable bonds is 3. The molecule has 1 aliphatic heterocycles. The Bertz CT molecular complexity index is 3220. The van der Waals surface area contributed by atoms with Crippen molar-refractivity contribution in [2.75, 3.05) is 4.90 Å². The summed E-state index contributed by atoms with van der Waals surface area (Å²) in [6.45, 7) is 9.75. The van der Waals surface area contributed by atoms with Crippen LogP contribution in [0.1, 0.15) is 56.1 Å². The highest BCUT2D eigenvalue weighted by Gasteiger charge is 2.61. The zero-order valence-corrected chi connectivity index (χ0v) is 32.5. The van der Waals surface area contributed by atoms with Gasteiger partial charge in [-0.25, -0.2) is 0 Å². The molecule has 4 unspecified atom stereocenters. The molecule has 0 spiro atoms. The maximum Gasteiger partial charge on any atom is 0.142 e. The predicted molar refractivity (Wildman–Crippen MR) is 235 cm³/mol. The van der Waals surface area contributed by atoms with Crippen LogP contribution in [0.3, 0.4) is 0 Å². The molecule has 0 saturated heterocycles. The first-order valence-corrected chi connectivity index (χ1v) is 20.2. The van der Waals surface area contributed by atoms with Crippen LogP contribution in [0.5, 0.6) is 0 Å². The minimum Gasteiger partial charge on any atom is -0.459 e. The number of allylic oxidation sites excluding steroid dienone is 2. The summed E-state index contributed by atoms with van der Waals surface area (Å²) in [6.07, 6.45) is 5.02. The lowest BCUT2D eigenvalue weighted by atomic mass is 9.49. The van der Waals surface area contributed by atoms with Gasteiger partial charge in [0.05, 0.1) is 5.54 Å². The van der Waals surface area contributed by atoms with Gasteiger partial charge in [-0.2, -0.15) is 0 Å². The maximum absolute atomic E-state index is 7.33. The van der Waals surface area contributed by atoms with Crippen LogP contribution in [0, 0.1) is 0 Å².